The van der Waals surface area contributed by atoms with Crippen molar-refractivity contribution in [3.05, 3.63) is 65.7 Å². The van der Waals surface area contributed by atoms with Gasteiger partial charge in [0.25, 0.3) is 0 Å². The van der Waals surface area contributed by atoms with E-state index >= 15 is 0 Å². The van der Waals surface area contributed by atoms with Gasteiger partial charge in [-0.1, -0.05) is 89.7 Å². The van der Waals surface area contributed by atoms with Gasteiger partial charge in [-0.05, 0) is 68.2 Å². The minimum absolute atomic E-state index is 0.0203. The Morgan fingerprint density at radius 3 is 1.91 bits per heavy atom. The predicted octanol–water partition coefficient (Wildman–Crippen LogP) is -5.66. The van der Waals surface area contributed by atoms with Gasteiger partial charge in [0.15, 0.2) is 12.2 Å². The van der Waals surface area contributed by atoms with Gasteiger partial charge in [-0.2, -0.15) is 0 Å². The molecule has 3 aliphatic rings. The van der Waals surface area contributed by atoms with E-state index in [0.29, 0.717) is 30.4 Å². The lowest BCUT2D eigenvalue weighted by molar-refractivity contribution is -0.301. The first-order valence-corrected chi connectivity index (χ1v) is 34.3. The van der Waals surface area contributed by atoms with Gasteiger partial charge in [0.2, 0.25) is 65.0 Å². The molecule has 0 aliphatic carbocycles. The molecule has 3 saturated heterocycles. The van der Waals surface area contributed by atoms with Crippen molar-refractivity contribution in [2.45, 2.75) is 182 Å². The third-order valence-electron chi connectivity index (χ3n) is 15.8. The van der Waals surface area contributed by atoms with Gasteiger partial charge in [-0.15, -0.1) is 0 Å². The van der Waals surface area contributed by atoms with E-state index in [0.717, 1.165) is 40.9 Å². The highest BCUT2D eigenvalue weighted by atomic mass is 33.1. The number of carbonyl (C=O) groups excluding carboxylic acids is 12. The van der Waals surface area contributed by atoms with Crippen LogP contribution in [-0.4, -0.2) is 226 Å². The quantitative estimate of drug-likeness (QED) is 0.00835. The van der Waals surface area contributed by atoms with Crippen LogP contribution < -0.4 is 76.4 Å². The molecule has 3 aliphatic heterocycles. The van der Waals surface area contributed by atoms with Crippen LogP contribution in [0.5, 0.6) is 5.75 Å². The zero-order chi connectivity index (χ0) is 71.1. The van der Waals surface area contributed by atoms with Gasteiger partial charge in [0.1, 0.15) is 72.5 Å². The molecule has 0 spiro atoms. The van der Waals surface area contributed by atoms with E-state index in [1.807, 2.05) is 0 Å². The summed E-state index contributed by atoms with van der Waals surface area (Å²) in [6, 6.07) is 2.63. The summed E-state index contributed by atoms with van der Waals surface area (Å²) in [6.45, 7) is -0.877. The van der Waals surface area contributed by atoms with Crippen LogP contribution in [0.15, 0.2) is 59.6 Å². The first-order valence-electron chi connectivity index (χ1n) is 31.8. The number of amides is 11. The van der Waals surface area contributed by atoms with Crippen molar-refractivity contribution in [3.63, 3.8) is 0 Å². The number of aliphatic hydroxyl groups is 4. The number of primary amides is 3. The van der Waals surface area contributed by atoms with Crippen LogP contribution in [0.3, 0.4) is 0 Å². The van der Waals surface area contributed by atoms with Gasteiger partial charge in [-0.3, -0.25) is 62.5 Å². The molecule has 0 bridgehead atoms. The number of likely N-dealkylation sites (tertiary alicyclic amines) is 1. The molecule has 2 unspecified atom stereocenters. The molecule has 2 aromatic rings. The van der Waals surface area contributed by atoms with Gasteiger partial charge < -0.3 is 111 Å². The molecule has 0 aromatic heterocycles. The third kappa shape index (κ3) is 27.3. The maximum Gasteiger partial charge on any atom is 0.311 e. The number of benzene rings is 2. The van der Waals surface area contributed by atoms with Gasteiger partial charge in [0.05, 0.1) is 25.6 Å². The molecule has 0 saturated carbocycles. The van der Waals surface area contributed by atoms with Crippen molar-refractivity contribution in [3.8, 4) is 5.75 Å². The second-order valence-electron chi connectivity index (χ2n) is 23.5. The van der Waals surface area contributed by atoms with Crippen LogP contribution in [0.2, 0.25) is 0 Å². The number of nitrogens with one attached hydrogen (secondary N) is 7. The molecule has 536 valence electrons. The Hall–Kier alpha value is -8.23. The Balaban J connectivity index is 1.34. The van der Waals surface area contributed by atoms with Gasteiger partial charge in [0, 0.05) is 56.9 Å². The molecule has 2 aromatic carbocycles. The van der Waals surface area contributed by atoms with Crippen LogP contribution in [0.4, 0.5) is 0 Å². The molecule has 97 heavy (non-hydrogen) atoms. The fourth-order valence-electron chi connectivity index (χ4n) is 10.5. The van der Waals surface area contributed by atoms with E-state index in [-0.39, 0.29) is 87.9 Å². The summed E-state index contributed by atoms with van der Waals surface area (Å²) in [5, 5.41) is 57.3. The number of ether oxygens (including phenoxy) is 3. The molecule has 13 atom stereocenters. The second-order valence-corrected chi connectivity index (χ2v) is 26.0. The average molecular weight is 1400 g/mol. The molecule has 23 N–H and O–H groups in total. The zero-order valence-electron chi connectivity index (χ0n) is 53.6. The highest BCUT2D eigenvalue weighted by Crippen LogP contribution is 2.27. The topological polar surface area (TPSA) is 569 Å². The smallest absolute Gasteiger partial charge is 0.311 e. The lowest BCUT2D eigenvalue weighted by Gasteiger charge is -2.39. The van der Waals surface area contributed by atoms with Gasteiger partial charge in [-0.25, -0.2) is 0 Å². The number of guanidine groups is 1. The molecule has 36 heteroatoms. The monoisotopic (exact) mass is 1400 g/mol. The maximum absolute atomic E-state index is 14.8. The van der Waals surface area contributed by atoms with Crippen molar-refractivity contribution < 1.29 is 92.2 Å². The van der Waals surface area contributed by atoms with Gasteiger partial charge >= 0.3 is 5.97 Å². The van der Waals surface area contributed by atoms with Crippen molar-refractivity contribution in [1.82, 2.24) is 42.1 Å². The number of carbonyl (C=O) groups is 12. The van der Waals surface area contributed by atoms with Crippen molar-refractivity contribution in [2.75, 3.05) is 44.4 Å². The van der Waals surface area contributed by atoms with Crippen molar-refractivity contribution in [1.29, 1.82) is 0 Å². The lowest BCUT2D eigenvalue weighted by atomic mass is 9.99. The summed E-state index contributed by atoms with van der Waals surface area (Å²) in [7, 11) is 1.95. The Morgan fingerprint density at radius 1 is 0.670 bits per heavy atom. The number of aliphatic imine (C=N–C) groups is 1. The molecule has 3 heterocycles. The molecule has 0 radical (unpaired) electrons. The second kappa shape index (κ2) is 41.1. The van der Waals surface area contributed by atoms with Crippen LogP contribution in [0.25, 0.3) is 0 Å². The first kappa shape index (κ1) is 79.5. The number of aliphatic hydroxyl groups excluding tert-OH is 4. The summed E-state index contributed by atoms with van der Waals surface area (Å²) in [4.78, 5) is 168. The summed E-state index contributed by atoms with van der Waals surface area (Å²) in [6.07, 6.45) is -4.21. The van der Waals surface area contributed by atoms with Crippen LogP contribution in [0.1, 0.15) is 101 Å². The van der Waals surface area contributed by atoms with E-state index < -0.39 is 182 Å². The highest BCUT2D eigenvalue weighted by molar-refractivity contribution is 8.76. The fourth-order valence-corrected chi connectivity index (χ4v) is 12.8. The number of rotatable bonds is 31. The zero-order valence-corrected chi connectivity index (χ0v) is 55.2. The number of esters is 1. The lowest BCUT2D eigenvalue weighted by Crippen LogP contribution is -2.61. The summed E-state index contributed by atoms with van der Waals surface area (Å²) >= 11 is 0. The fraction of sp³-hybridized carbons (Fsp3) is 0.590. The number of hydrogen-bond donors (Lipinski definition) is 17. The largest absolute Gasteiger partial charge is 0.427 e. The molecule has 34 nitrogen and oxygen atoms in total. The number of nitrogens with zero attached hydrogens (tertiary/aromatic N) is 2. The minimum Gasteiger partial charge on any atom is -0.427 e. The van der Waals surface area contributed by atoms with E-state index in [1.54, 1.807) is 42.5 Å². The summed E-state index contributed by atoms with van der Waals surface area (Å²) in [5.41, 5.74) is 34.6. The van der Waals surface area contributed by atoms with Crippen molar-refractivity contribution in [2.24, 2.45) is 39.4 Å². The van der Waals surface area contributed by atoms with E-state index in [1.165, 1.54) is 17.0 Å². The van der Waals surface area contributed by atoms with Crippen LogP contribution in [-0.2, 0) is 79.8 Å². The predicted molar refractivity (Wildman–Crippen MR) is 352 cm³/mol. The molecule has 11 amide bonds. The van der Waals surface area contributed by atoms with Crippen molar-refractivity contribution >= 4 is 98.5 Å². The molecular weight excluding hydrogens is 1310 g/mol. The Kier molecular flexibility index (Phi) is 33.7. The summed E-state index contributed by atoms with van der Waals surface area (Å²) in [5.74, 6) is -11.2. The van der Waals surface area contributed by atoms with E-state index in [4.69, 9.17) is 48.6 Å². The molecule has 3 fully saturated rings. The van der Waals surface area contributed by atoms with Crippen LogP contribution in [0, 0.1) is 0 Å². The van der Waals surface area contributed by atoms with E-state index in [2.05, 4.69) is 42.2 Å². The summed E-state index contributed by atoms with van der Waals surface area (Å²) < 4.78 is 16.5. The normalized spacial score (nSPS) is 24.9. The van der Waals surface area contributed by atoms with E-state index in [9.17, 15) is 78.0 Å². The number of nitrogens with two attached hydrogens (primary N) is 6. The maximum atomic E-state index is 14.8. The number of hydrogen-bond acceptors (Lipinski definition) is 23. The average Bonchev–Trinajstić information content (AvgIpc) is 1.81. The van der Waals surface area contributed by atoms with Crippen LogP contribution >= 0.6 is 21.6 Å². The first-order chi connectivity index (χ1) is 46.2. The molecule has 5 rings (SSSR count). The standard InChI is InChI=1S/C61H91N15O19S2/c62-36-31-96-97-32-42(59(92)76-24-11-15-43(76)58(91)71-37(14-10-23-68-61(66)67)53(86)69-29-47(65)80)75-57(90)41(28-46(64)79)74-54(87)38(21-22-45(63)78)70-55(88)40(26-33-12-6-5-7-13-33)73-56(89)39(72-52(36)85)27-34-17-19-35(20-18-34)94-48(81)16-8-3-1-2-4-9-25-93-60-51(84)50(83)49(82)44(30-77)95-60/h5-7,12-13,17-20,36-44,49-51,60,77,82-84H,1-4,8-11,14-16,21-32,62H2,(H2,63,78)(H2,64,79)(H2,65,80)(H,69,86)(H,70,88)(H,71,91)(H,72,85)(H,73,89)(H,74,87)(H,75,90)(H4,66,67,68)/t36-,37-,38-,39?,40-,41?,42-,43-,44+,49+,50-,51-,60-/m0/s1. The Labute approximate surface area is 567 Å². The Bertz CT molecular complexity index is 3030. The third-order valence-corrected chi connectivity index (χ3v) is 18.2. The SMILES string of the molecule is NC(=O)CC[C@@H]1NC(=O)[C@H](Cc2ccccc2)NC(=O)C(Cc2ccc(OC(=O)CCCCCCCCO[C@H]3O[C@H](CO)[C@@H](O)[C@H](O)[C@@H]3O)cc2)NC(=O)[C@@H](N)CSSC[C@@H](C(=O)N2CCC[C@H]2C(=O)N[C@@H](CCCN=C(N)N)C(=O)NCC(N)=O)NC(=O)C(CC(N)=O)NC1=O. The highest BCUT2D eigenvalue weighted by Gasteiger charge is 2.45. The Morgan fingerprint density at radius 2 is 1.27 bits per heavy atom. The molecular formula is C61H91N15O19S2. The number of unbranched alkanes of at least 4 members (excludes halogenated alkanes) is 5. The minimum atomic E-state index is -1.83.